The number of nitrogens with zero attached hydrogens (tertiary/aromatic N) is 3. The molecule has 32 heavy (non-hydrogen) atoms. The van der Waals surface area contributed by atoms with Crippen LogP contribution in [0.25, 0.3) is 5.76 Å². The van der Waals surface area contributed by atoms with Crippen molar-refractivity contribution in [2.75, 3.05) is 12.0 Å². The summed E-state index contributed by atoms with van der Waals surface area (Å²) >= 11 is 0. The molecule has 1 N–H and O–H groups in total. The van der Waals surface area contributed by atoms with E-state index in [1.165, 1.54) is 31.5 Å². The van der Waals surface area contributed by atoms with E-state index < -0.39 is 28.4 Å². The first kappa shape index (κ1) is 20.7. The topological polar surface area (TPSA) is 123 Å². The summed E-state index contributed by atoms with van der Waals surface area (Å²) in [5.74, 6) is -1.48. The van der Waals surface area contributed by atoms with Gasteiger partial charge in [0.1, 0.15) is 17.3 Å². The smallest absolute Gasteiger partial charge is 0.301 e. The quantitative estimate of drug-likeness (QED) is 0.215. The Balaban J connectivity index is 1.94. The molecule has 1 unspecified atom stereocenters. The van der Waals surface area contributed by atoms with Gasteiger partial charge in [-0.2, -0.15) is 0 Å². The van der Waals surface area contributed by atoms with Crippen molar-refractivity contribution >= 4 is 29.0 Å². The normalized spacial score (nSPS) is 17.4. The summed E-state index contributed by atoms with van der Waals surface area (Å²) in [7, 11) is 1.50. The van der Waals surface area contributed by atoms with Crippen LogP contribution in [0.3, 0.4) is 0 Å². The van der Waals surface area contributed by atoms with E-state index in [-0.39, 0.29) is 17.1 Å². The van der Waals surface area contributed by atoms with E-state index in [4.69, 9.17) is 4.74 Å². The van der Waals surface area contributed by atoms with Crippen molar-refractivity contribution in [1.29, 1.82) is 0 Å². The van der Waals surface area contributed by atoms with Gasteiger partial charge in [0.15, 0.2) is 0 Å². The summed E-state index contributed by atoms with van der Waals surface area (Å²) in [6, 6.07) is 15.6. The third kappa shape index (κ3) is 3.56. The molecule has 1 aromatic heterocycles. The van der Waals surface area contributed by atoms with Gasteiger partial charge in [-0.05, 0) is 42.0 Å². The highest BCUT2D eigenvalue weighted by Crippen LogP contribution is 2.42. The lowest BCUT2D eigenvalue weighted by atomic mass is 9.95. The van der Waals surface area contributed by atoms with Crippen LogP contribution in [-0.4, -0.2) is 33.8 Å². The van der Waals surface area contributed by atoms with Crippen LogP contribution in [0.4, 0.5) is 11.5 Å². The second kappa shape index (κ2) is 8.31. The molecular formula is C23H17N3O6. The number of rotatable bonds is 5. The number of hydrogen-bond acceptors (Lipinski definition) is 7. The van der Waals surface area contributed by atoms with Gasteiger partial charge in [0.25, 0.3) is 11.5 Å². The van der Waals surface area contributed by atoms with E-state index in [9.17, 15) is 24.8 Å². The van der Waals surface area contributed by atoms with Crippen molar-refractivity contribution in [1.82, 2.24) is 4.98 Å². The molecule has 0 radical (unpaired) electrons. The number of carbonyl (C=O) groups is 2. The lowest BCUT2D eigenvalue weighted by Crippen LogP contribution is -2.30. The first-order valence-corrected chi connectivity index (χ1v) is 9.53. The fraction of sp³-hybridized carbons (Fsp3) is 0.0870. The molecule has 0 saturated carbocycles. The monoisotopic (exact) mass is 431 g/mol. The summed E-state index contributed by atoms with van der Waals surface area (Å²) in [6.45, 7) is 0. The zero-order chi connectivity index (χ0) is 22.8. The molecule has 1 aliphatic heterocycles. The summed E-state index contributed by atoms with van der Waals surface area (Å²) in [6.07, 6.45) is 1.46. The van der Waals surface area contributed by atoms with E-state index >= 15 is 0 Å². The molecular weight excluding hydrogens is 414 g/mol. The minimum atomic E-state index is -1.10. The van der Waals surface area contributed by atoms with Crippen LogP contribution in [0.5, 0.6) is 5.75 Å². The van der Waals surface area contributed by atoms with Gasteiger partial charge in [-0.1, -0.05) is 18.2 Å². The van der Waals surface area contributed by atoms with E-state index in [2.05, 4.69) is 4.98 Å². The number of nitro benzene ring substituents is 1. The van der Waals surface area contributed by atoms with Crippen LogP contribution >= 0.6 is 0 Å². The average molecular weight is 431 g/mol. The second-order valence-electron chi connectivity index (χ2n) is 6.94. The van der Waals surface area contributed by atoms with Gasteiger partial charge >= 0.3 is 5.91 Å². The largest absolute Gasteiger partial charge is 0.507 e. The number of ether oxygens (including phenoxy) is 1. The number of aliphatic hydroxyl groups is 1. The zero-order valence-electron chi connectivity index (χ0n) is 16.8. The minimum absolute atomic E-state index is 0.180. The maximum absolute atomic E-state index is 13.0. The third-order valence-electron chi connectivity index (χ3n) is 5.10. The maximum Gasteiger partial charge on any atom is 0.301 e. The van der Waals surface area contributed by atoms with E-state index in [0.717, 1.165) is 4.90 Å². The van der Waals surface area contributed by atoms with Crippen LogP contribution in [0.2, 0.25) is 0 Å². The SMILES string of the molecule is COc1ccc(/C(O)=C2/C(=O)C(=O)N(c3ccccn3)C2c2cccc([N+](=O)[O-])c2)cc1. The third-order valence-corrected chi connectivity index (χ3v) is 5.10. The number of nitro groups is 1. The standard InChI is InChI=1S/C23H17N3O6/c1-32-17-10-8-14(9-11-17)21(27)19-20(15-5-4-6-16(13-15)26(30)31)25(23(29)22(19)28)18-7-2-3-12-24-18/h2-13,20,27H,1H3/b21-19-. The number of ketones is 1. The Morgan fingerprint density at radius 3 is 2.47 bits per heavy atom. The number of methoxy groups -OCH3 is 1. The molecule has 3 aromatic rings. The summed E-state index contributed by atoms with van der Waals surface area (Å²) in [5.41, 5.74) is 0.184. The molecule has 1 saturated heterocycles. The molecule has 1 fully saturated rings. The molecule has 0 spiro atoms. The number of amides is 1. The summed E-state index contributed by atoms with van der Waals surface area (Å²) in [5, 5.41) is 22.3. The molecule has 160 valence electrons. The number of benzene rings is 2. The van der Waals surface area contributed by atoms with Gasteiger partial charge in [-0.25, -0.2) is 4.98 Å². The van der Waals surface area contributed by atoms with Crippen molar-refractivity contribution in [2.45, 2.75) is 6.04 Å². The molecule has 1 aliphatic rings. The number of carbonyl (C=O) groups excluding carboxylic acids is 2. The Bertz CT molecular complexity index is 1240. The van der Waals surface area contributed by atoms with Crippen LogP contribution < -0.4 is 9.64 Å². The minimum Gasteiger partial charge on any atom is -0.507 e. The number of non-ortho nitro benzene ring substituents is 1. The Hall–Kier alpha value is -4.53. The summed E-state index contributed by atoms with van der Waals surface area (Å²) < 4.78 is 5.11. The van der Waals surface area contributed by atoms with Crippen LogP contribution in [0.1, 0.15) is 17.2 Å². The molecule has 4 rings (SSSR count). The molecule has 2 heterocycles. The van der Waals surface area contributed by atoms with Crippen LogP contribution in [-0.2, 0) is 9.59 Å². The van der Waals surface area contributed by atoms with Crippen molar-refractivity contribution in [3.63, 3.8) is 0 Å². The zero-order valence-corrected chi connectivity index (χ0v) is 16.8. The second-order valence-corrected chi connectivity index (χ2v) is 6.94. The summed E-state index contributed by atoms with van der Waals surface area (Å²) in [4.78, 5) is 42.1. The first-order chi connectivity index (χ1) is 15.4. The molecule has 1 atom stereocenters. The first-order valence-electron chi connectivity index (χ1n) is 9.53. The van der Waals surface area contributed by atoms with E-state index in [1.807, 2.05) is 0 Å². The lowest BCUT2D eigenvalue weighted by Gasteiger charge is -2.24. The highest BCUT2D eigenvalue weighted by atomic mass is 16.6. The highest BCUT2D eigenvalue weighted by Gasteiger charge is 2.47. The molecule has 0 aliphatic carbocycles. The van der Waals surface area contributed by atoms with Gasteiger partial charge in [-0.15, -0.1) is 0 Å². The Kier molecular flexibility index (Phi) is 5.38. The predicted octanol–water partition coefficient (Wildman–Crippen LogP) is 3.62. The number of Topliss-reactive ketones (excluding diaryl/α,β-unsaturated/α-hetero) is 1. The van der Waals surface area contributed by atoms with Crippen molar-refractivity contribution in [3.8, 4) is 5.75 Å². The highest BCUT2D eigenvalue weighted by molar-refractivity contribution is 6.51. The van der Waals surface area contributed by atoms with Crippen LogP contribution in [0, 0.1) is 10.1 Å². The Labute approximate surface area is 182 Å². The average Bonchev–Trinajstić information content (AvgIpc) is 3.09. The van der Waals surface area contributed by atoms with Gasteiger partial charge in [-0.3, -0.25) is 24.6 Å². The van der Waals surface area contributed by atoms with Gasteiger partial charge in [0.2, 0.25) is 0 Å². The maximum atomic E-state index is 13.0. The number of anilines is 1. The molecule has 9 heteroatoms. The number of aliphatic hydroxyl groups excluding tert-OH is 1. The fourth-order valence-corrected chi connectivity index (χ4v) is 3.59. The van der Waals surface area contributed by atoms with Gasteiger partial charge in [0, 0.05) is 23.9 Å². The van der Waals surface area contributed by atoms with Crippen molar-refractivity contribution < 1.29 is 24.4 Å². The molecule has 1 amide bonds. The van der Waals surface area contributed by atoms with Crippen molar-refractivity contribution in [2.24, 2.45) is 0 Å². The van der Waals surface area contributed by atoms with Crippen molar-refractivity contribution in [3.05, 3.63) is 99.7 Å². The van der Waals surface area contributed by atoms with Gasteiger partial charge < -0.3 is 9.84 Å². The Morgan fingerprint density at radius 1 is 1.09 bits per heavy atom. The molecule has 0 bridgehead atoms. The fourth-order valence-electron chi connectivity index (χ4n) is 3.59. The number of pyridine rings is 1. The number of aromatic nitrogens is 1. The Morgan fingerprint density at radius 2 is 1.84 bits per heavy atom. The van der Waals surface area contributed by atoms with Gasteiger partial charge in [0.05, 0.1) is 23.6 Å². The number of hydrogen-bond donors (Lipinski definition) is 1. The lowest BCUT2D eigenvalue weighted by molar-refractivity contribution is -0.384. The molecule has 9 nitrogen and oxygen atoms in total. The van der Waals surface area contributed by atoms with E-state index in [1.54, 1.807) is 48.5 Å². The predicted molar refractivity (Wildman–Crippen MR) is 115 cm³/mol. The van der Waals surface area contributed by atoms with E-state index in [0.29, 0.717) is 16.9 Å². The van der Waals surface area contributed by atoms with Crippen LogP contribution in [0.15, 0.2) is 78.5 Å². The molecule has 2 aromatic carbocycles.